The zero-order chi connectivity index (χ0) is 20.6. The topological polar surface area (TPSA) is 83.1 Å². The molecule has 7 heteroatoms. The summed E-state index contributed by atoms with van der Waals surface area (Å²) in [5.41, 5.74) is 1.65. The van der Waals surface area contributed by atoms with Crippen molar-refractivity contribution in [2.45, 2.75) is 19.6 Å². The van der Waals surface area contributed by atoms with E-state index in [0.717, 1.165) is 5.56 Å². The number of hydrogen-bond donors (Lipinski definition) is 1. The van der Waals surface area contributed by atoms with E-state index in [9.17, 15) is 9.59 Å². The Morgan fingerprint density at radius 3 is 2.69 bits per heavy atom. The lowest BCUT2D eigenvalue weighted by atomic mass is 10.1. The first kappa shape index (κ1) is 20.3. The van der Waals surface area contributed by atoms with Crippen LogP contribution in [-0.2, 0) is 20.9 Å². The summed E-state index contributed by atoms with van der Waals surface area (Å²) in [4.78, 5) is 24.2. The molecule has 152 valence electrons. The fourth-order valence-corrected chi connectivity index (χ4v) is 2.75. The Morgan fingerprint density at radius 1 is 1.17 bits per heavy atom. The van der Waals surface area contributed by atoms with Crippen molar-refractivity contribution in [3.8, 4) is 17.2 Å². The van der Waals surface area contributed by atoms with Gasteiger partial charge in [-0.25, -0.2) is 4.79 Å². The molecule has 0 bridgehead atoms. The highest BCUT2D eigenvalue weighted by atomic mass is 16.6. The highest BCUT2D eigenvalue weighted by Crippen LogP contribution is 2.40. The van der Waals surface area contributed by atoms with Gasteiger partial charge in [-0.2, -0.15) is 0 Å². The Kier molecular flexibility index (Phi) is 6.73. The van der Waals surface area contributed by atoms with E-state index in [1.54, 1.807) is 18.2 Å². The third-order valence-electron chi connectivity index (χ3n) is 4.23. The molecular weight excluding hydrogens is 374 g/mol. The number of benzene rings is 2. The number of rotatable bonds is 7. The number of hydrogen-bond acceptors (Lipinski definition) is 6. The van der Waals surface area contributed by atoms with Gasteiger partial charge in [-0.3, -0.25) is 4.79 Å². The van der Waals surface area contributed by atoms with Gasteiger partial charge in [0.15, 0.2) is 17.6 Å². The normalized spacial score (nSPS) is 13.6. The van der Waals surface area contributed by atoms with E-state index < -0.39 is 12.1 Å². The molecule has 1 amide bonds. The summed E-state index contributed by atoms with van der Waals surface area (Å²) in [5.74, 6) is 0.626. The SMILES string of the molecule is COc1cc(/C=C/C(=O)O[C@@H](C)C(=O)NCc2ccccc2)cc2c1OCCO2. The first-order valence-corrected chi connectivity index (χ1v) is 9.25. The van der Waals surface area contributed by atoms with Gasteiger partial charge < -0.3 is 24.3 Å². The molecule has 1 heterocycles. The van der Waals surface area contributed by atoms with E-state index in [2.05, 4.69) is 5.32 Å². The zero-order valence-corrected chi connectivity index (χ0v) is 16.3. The number of methoxy groups -OCH3 is 1. The molecule has 0 aliphatic carbocycles. The van der Waals surface area contributed by atoms with E-state index in [-0.39, 0.29) is 5.91 Å². The first-order valence-electron chi connectivity index (χ1n) is 9.25. The minimum atomic E-state index is -0.911. The number of ether oxygens (including phenoxy) is 4. The molecule has 0 spiro atoms. The van der Waals surface area contributed by atoms with Gasteiger partial charge in [-0.1, -0.05) is 30.3 Å². The van der Waals surface area contributed by atoms with Crippen LogP contribution in [0.25, 0.3) is 6.08 Å². The van der Waals surface area contributed by atoms with Crippen LogP contribution < -0.4 is 19.5 Å². The molecule has 0 saturated carbocycles. The second-order valence-electron chi connectivity index (χ2n) is 6.36. The molecular formula is C22H23NO6. The van der Waals surface area contributed by atoms with Gasteiger partial charge in [0.05, 0.1) is 7.11 Å². The second kappa shape index (κ2) is 9.64. The molecule has 0 aromatic heterocycles. The molecule has 1 N–H and O–H groups in total. The quantitative estimate of drug-likeness (QED) is 0.571. The van der Waals surface area contributed by atoms with Crippen molar-refractivity contribution >= 4 is 18.0 Å². The summed E-state index contributed by atoms with van der Waals surface area (Å²) in [6.45, 7) is 2.80. The molecule has 1 aliphatic rings. The number of carbonyl (C=O) groups is 2. The van der Waals surface area contributed by atoms with Crippen LogP contribution in [0, 0.1) is 0 Å². The number of nitrogens with one attached hydrogen (secondary N) is 1. The lowest BCUT2D eigenvalue weighted by Gasteiger charge is -2.20. The highest BCUT2D eigenvalue weighted by Gasteiger charge is 2.19. The van der Waals surface area contributed by atoms with Crippen LogP contribution >= 0.6 is 0 Å². The summed E-state index contributed by atoms with van der Waals surface area (Å²) >= 11 is 0. The van der Waals surface area contributed by atoms with Gasteiger partial charge in [0.1, 0.15) is 13.2 Å². The Morgan fingerprint density at radius 2 is 1.93 bits per heavy atom. The van der Waals surface area contributed by atoms with Gasteiger partial charge in [0, 0.05) is 12.6 Å². The molecule has 0 radical (unpaired) electrons. The largest absolute Gasteiger partial charge is 0.493 e. The summed E-state index contributed by atoms with van der Waals surface area (Å²) in [6.07, 6.45) is 1.91. The number of fused-ring (bicyclic) bond motifs is 1. The number of esters is 1. The van der Waals surface area contributed by atoms with Crippen LogP contribution in [0.3, 0.4) is 0 Å². The van der Waals surface area contributed by atoms with Crippen molar-refractivity contribution in [1.29, 1.82) is 0 Å². The van der Waals surface area contributed by atoms with Crippen LogP contribution in [0.1, 0.15) is 18.1 Å². The Hall–Kier alpha value is -3.48. The summed E-state index contributed by atoms with van der Waals surface area (Å²) < 4.78 is 21.6. The highest BCUT2D eigenvalue weighted by molar-refractivity contribution is 5.90. The maximum absolute atomic E-state index is 12.1. The predicted octanol–water partition coefficient (Wildman–Crippen LogP) is 2.73. The third-order valence-corrected chi connectivity index (χ3v) is 4.23. The standard InChI is InChI=1S/C22H23NO6/c1-15(22(25)23-14-16-6-4-3-5-7-16)29-20(24)9-8-17-12-18(26-2)21-19(13-17)27-10-11-28-21/h3-9,12-13,15H,10-11,14H2,1-2H3,(H,23,25)/b9-8+/t15-/m0/s1. The molecule has 7 nitrogen and oxygen atoms in total. The summed E-state index contributed by atoms with van der Waals surface area (Å²) in [7, 11) is 1.53. The fraction of sp³-hybridized carbons (Fsp3) is 0.273. The maximum Gasteiger partial charge on any atom is 0.331 e. The van der Waals surface area contributed by atoms with Crippen molar-refractivity contribution < 1.29 is 28.5 Å². The molecule has 0 unspecified atom stereocenters. The van der Waals surface area contributed by atoms with Crippen LogP contribution in [0.5, 0.6) is 17.2 Å². The van der Waals surface area contributed by atoms with Gasteiger partial charge in [-0.05, 0) is 36.3 Å². The van der Waals surface area contributed by atoms with Crippen molar-refractivity contribution in [1.82, 2.24) is 5.32 Å². The minimum Gasteiger partial charge on any atom is -0.493 e. The second-order valence-corrected chi connectivity index (χ2v) is 6.36. The van der Waals surface area contributed by atoms with E-state index in [4.69, 9.17) is 18.9 Å². The molecule has 1 aliphatic heterocycles. The number of carbonyl (C=O) groups excluding carboxylic acids is 2. The summed E-state index contributed by atoms with van der Waals surface area (Å²) in [5, 5.41) is 2.74. The maximum atomic E-state index is 12.1. The third kappa shape index (κ3) is 5.51. The molecule has 29 heavy (non-hydrogen) atoms. The summed E-state index contributed by atoms with van der Waals surface area (Å²) in [6, 6.07) is 13.0. The van der Waals surface area contributed by atoms with Crippen LogP contribution in [0.2, 0.25) is 0 Å². The van der Waals surface area contributed by atoms with Gasteiger partial charge in [0.2, 0.25) is 5.75 Å². The van der Waals surface area contributed by atoms with E-state index in [0.29, 0.717) is 42.6 Å². The molecule has 1 atom stereocenters. The van der Waals surface area contributed by atoms with Crippen molar-refractivity contribution in [2.75, 3.05) is 20.3 Å². The van der Waals surface area contributed by atoms with Crippen molar-refractivity contribution in [2.24, 2.45) is 0 Å². The predicted molar refractivity (Wildman–Crippen MR) is 107 cm³/mol. The lowest BCUT2D eigenvalue weighted by molar-refractivity contribution is -0.150. The minimum absolute atomic E-state index is 0.364. The van der Waals surface area contributed by atoms with E-state index in [1.807, 2.05) is 30.3 Å². The van der Waals surface area contributed by atoms with Crippen LogP contribution in [0.15, 0.2) is 48.5 Å². The lowest BCUT2D eigenvalue weighted by Crippen LogP contribution is -2.35. The average molecular weight is 397 g/mol. The Balaban J connectivity index is 1.55. The molecule has 2 aromatic rings. The van der Waals surface area contributed by atoms with Gasteiger partial charge in [-0.15, -0.1) is 0 Å². The smallest absolute Gasteiger partial charge is 0.331 e. The molecule has 2 aromatic carbocycles. The Labute approximate surface area is 169 Å². The van der Waals surface area contributed by atoms with Crippen molar-refractivity contribution in [3.63, 3.8) is 0 Å². The average Bonchev–Trinajstić information content (AvgIpc) is 2.76. The van der Waals surface area contributed by atoms with Crippen LogP contribution in [0.4, 0.5) is 0 Å². The first-order chi connectivity index (χ1) is 14.1. The molecule has 3 rings (SSSR count). The fourth-order valence-electron chi connectivity index (χ4n) is 2.75. The molecule has 0 saturated heterocycles. The van der Waals surface area contributed by atoms with E-state index in [1.165, 1.54) is 20.1 Å². The zero-order valence-electron chi connectivity index (χ0n) is 16.3. The molecule has 0 fully saturated rings. The van der Waals surface area contributed by atoms with Crippen molar-refractivity contribution in [3.05, 3.63) is 59.7 Å². The number of amides is 1. The van der Waals surface area contributed by atoms with E-state index >= 15 is 0 Å². The van der Waals surface area contributed by atoms with Crippen LogP contribution in [-0.4, -0.2) is 38.3 Å². The van der Waals surface area contributed by atoms with Gasteiger partial charge in [0.25, 0.3) is 5.91 Å². The Bertz CT molecular complexity index is 876. The monoisotopic (exact) mass is 397 g/mol. The van der Waals surface area contributed by atoms with Gasteiger partial charge >= 0.3 is 5.97 Å².